The Morgan fingerprint density at radius 3 is 1.91 bits per heavy atom. The highest BCUT2D eigenvalue weighted by atomic mass is 32.2. The molecule has 5 N–H and O–H groups in total. The maximum atomic E-state index is 8.56. The van der Waals surface area contributed by atoms with Gasteiger partial charge in [-0.1, -0.05) is 19.9 Å². The normalized spacial score (nSPS) is 10.6. The van der Waals surface area contributed by atoms with E-state index in [0.29, 0.717) is 6.54 Å². The molecule has 0 bridgehead atoms. The van der Waals surface area contributed by atoms with Gasteiger partial charge in [0.15, 0.2) is 0 Å². The summed E-state index contributed by atoms with van der Waals surface area (Å²) in [4.78, 5) is 0. The van der Waals surface area contributed by atoms with Crippen LogP contribution in [0.2, 0.25) is 0 Å². The first-order valence-corrected chi connectivity index (χ1v) is 4.03. The summed E-state index contributed by atoms with van der Waals surface area (Å²) in [5, 5.41) is 0. The summed E-state index contributed by atoms with van der Waals surface area (Å²) in [5.74, 6) is 0. The van der Waals surface area contributed by atoms with E-state index in [0.717, 1.165) is 0 Å². The van der Waals surface area contributed by atoms with Crippen LogP contribution in [0.25, 0.3) is 0 Å². The molecule has 0 spiro atoms. The van der Waals surface area contributed by atoms with E-state index in [9.17, 15) is 0 Å². The third kappa shape index (κ3) is 222. The van der Waals surface area contributed by atoms with E-state index in [2.05, 4.69) is 0 Å². The van der Waals surface area contributed by atoms with Crippen molar-refractivity contribution < 1.29 is 13.3 Å². The standard InChI is InChI=1S/C3H8N2.C2H6.H2O3S/c4-2-1-3-5;1-2;1-4(2)3/h1-2H,3-5H2;1-2H3;(H2,1,2,3)/p-1. The van der Waals surface area contributed by atoms with Crippen molar-refractivity contribution in [1.82, 2.24) is 0 Å². The van der Waals surface area contributed by atoms with Gasteiger partial charge < -0.3 is 20.6 Å². The molecule has 0 aromatic rings. The van der Waals surface area contributed by atoms with Crippen LogP contribution in [0.5, 0.6) is 0 Å². The van der Waals surface area contributed by atoms with Crippen molar-refractivity contribution in [3.8, 4) is 0 Å². The Kier molecular flexibility index (Phi) is 34.8. The van der Waals surface area contributed by atoms with Gasteiger partial charge in [0.25, 0.3) is 0 Å². The quantitative estimate of drug-likeness (QED) is 0.486. The van der Waals surface area contributed by atoms with Crippen LogP contribution in [0.3, 0.4) is 0 Å². The van der Waals surface area contributed by atoms with Crippen molar-refractivity contribution in [3.63, 3.8) is 0 Å². The Balaban J connectivity index is -0.0000000965. The number of hydrogen-bond acceptors (Lipinski definition) is 4. The minimum atomic E-state index is -2.86. The van der Waals surface area contributed by atoms with Crippen molar-refractivity contribution in [2.24, 2.45) is 11.5 Å². The highest BCUT2D eigenvalue weighted by molar-refractivity contribution is 7.73. The van der Waals surface area contributed by atoms with Crippen LogP contribution in [0, 0.1) is 0 Å². The molecule has 0 radical (unpaired) electrons. The van der Waals surface area contributed by atoms with E-state index in [-0.39, 0.29) is 0 Å². The second kappa shape index (κ2) is 22.7. The molecular weight excluding hydrogens is 168 g/mol. The third-order valence-electron chi connectivity index (χ3n) is 0.272. The highest BCUT2D eigenvalue weighted by Crippen LogP contribution is 1.48. The molecule has 0 aromatic heterocycles. The maximum absolute atomic E-state index is 8.56. The van der Waals surface area contributed by atoms with Gasteiger partial charge in [0.1, 0.15) is 0 Å². The SMILES string of the molecule is CC.NC=CCN.O=S([O-])O. The second-order valence-corrected chi connectivity index (χ2v) is 1.32. The lowest BCUT2D eigenvalue weighted by molar-refractivity contribution is 0.436. The molecule has 6 heteroatoms. The Hall–Kier alpha value is -0.430. The molecule has 0 aliphatic heterocycles. The van der Waals surface area contributed by atoms with E-state index in [1.807, 2.05) is 13.8 Å². The zero-order valence-corrected chi connectivity index (χ0v) is 7.50. The average Bonchev–Trinajstić information content (AvgIpc) is 1.93. The van der Waals surface area contributed by atoms with Crippen LogP contribution in [-0.4, -0.2) is 19.9 Å². The van der Waals surface area contributed by atoms with Crippen LogP contribution in [-0.2, 0) is 11.4 Å². The lowest BCUT2D eigenvalue weighted by atomic mass is 10.6. The third-order valence-corrected chi connectivity index (χ3v) is 0.272. The molecule has 70 valence electrons. The van der Waals surface area contributed by atoms with Gasteiger partial charge in [-0.3, -0.25) is 0 Å². The van der Waals surface area contributed by atoms with Crippen LogP contribution in [0.4, 0.5) is 0 Å². The summed E-state index contributed by atoms with van der Waals surface area (Å²) in [6.45, 7) is 4.54. The van der Waals surface area contributed by atoms with E-state index >= 15 is 0 Å². The van der Waals surface area contributed by atoms with Gasteiger partial charge in [0, 0.05) is 6.54 Å². The van der Waals surface area contributed by atoms with Crippen molar-refractivity contribution >= 4 is 11.4 Å². The first-order valence-electron chi connectivity index (χ1n) is 3.00. The van der Waals surface area contributed by atoms with Crippen LogP contribution < -0.4 is 11.5 Å². The van der Waals surface area contributed by atoms with Gasteiger partial charge in [-0.05, 0) is 6.20 Å². The number of hydrogen-bond donors (Lipinski definition) is 3. The van der Waals surface area contributed by atoms with Crippen LogP contribution >= 0.6 is 0 Å². The lowest BCUT2D eigenvalue weighted by Crippen LogP contribution is -1.93. The Bertz CT molecular complexity index is 93.7. The van der Waals surface area contributed by atoms with E-state index in [1.54, 1.807) is 6.08 Å². The van der Waals surface area contributed by atoms with Gasteiger partial charge >= 0.3 is 0 Å². The average molecular weight is 183 g/mol. The van der Waals surface area contributed by atoms with Gasteiger partial charge in [0.2, 0.25) is 0 Å². The topological polar surface area (TPSA) is 112 Å². The lowest BCUT2D eigenvalue weighted by Gasteiger charge is -1.83. The fourth-order valence-corrected chi connectivity index (χ4v) is 0.0786. The molecule has 0 heterocycles. The number of rotatable bonds is 1. The van der Waals surface area contributed by atoms with Crippen LogP contribution in [0.1, 0.15) is 13.8 Å². The smallest absolute Gasteiger partial charge is 0.0814 e. The summed E-state index contributed by atoms with van der Waals surface area (Å²) in [6, 6.07) is 0. The Morgan fingerprint density at radius 1 is 1.64 bits per heavy atom. The van der Waals surface area contributed by atoms with E-state index < -0.39 is 11.4 Å². The zero-order chi connectivity index (χ0) is 9.70. The van der Waals surface area contributed by atoms with Crippen molar-refractivity contribution in [2.45, 2.75) is 13.8 Å². The molecule has 5 nitrogen and oxygen atoms in total. The first-order chi connectivity index (χ1) is 5.15. The van der Waals surface area contributed by atoms with Crippen molar-refractivity contribution in [2.75, 3.05) is 6.54 Å². The molecule has 0 fully saturated rings. The highest BCUT2D eigenvalue weighted by Gasteiger charge is 1.51. The Labute approximate surface area is 69.6 Å². The first kappa shape index (κ1) is 16.9. The zero-order valence-electron chi connectivity index (χ0n) is 6.69. The molecule has 0 amide bonds. The monoisotopic (exact) mass is 183 g/mol. The summed E-state index contributed by atoms with van der Waals surface area (Å²) in [7, 11) is 0. The molecule has 0 saturated heterocycles. The van der Waals surface area contributed by atoms with Crippen LogP contribution in [0.15, 0.2) is 12.3 Å². The van der Waals surface area contributed by atoms with Gasteiger partial charge in [0.05, 0.1) is 11.4 Å². The fourth-order valence-electron chi connectivity index (χ4n) is 0.0786. The van der Waals surface area contributed by atoms with Gasteiger partial charge in [-0.2, -0.15) is 0 Å². The molecule has 0 rings (SSSR count). The molecule has 0 aromatic carbocycles. The largest absolute Gasteiger partial charge is 0.750 e. The summed E-state index contributed by atoms with van der Waals surface area (Å²) in [6.07, 6.45) is 3.11. The fraction of sp³-hybridized carbons (Fsp3) is 0.600. The minimum absolute atomic E-state index is 0.538. The molecular formula is C5H15N2O3S-. The molecule has 1 atom stereocenters. The molecule has 0 aliphatic carbocycles. The summed E-state index contributed by atoms with van der Waals surface area (Å²) in [5.41, 5.74) is 9.85. The van der Waals surface area contributed by atoms with Gasteiger partial charge in [-0.25, -0.2) is 4.21 Å². The van der Waals surface area contributed by atoms with Gasteiger partial charge in [-0.15, -0.1) is 0 Å². The summed E-state index contributed by atoms with van der Waals surface area (Å²) < 4.78 is 24.1. The van der Waals surface area contributed by atoms with E-state index in [1.165, 1.54) is 6.20 Å². The predicted molar refractivity (Wildman–Crippen MR) is 45.3 cm³/mol. The van der Waals surface area contributed by atoms with E-state index in [4.69, 9.17) is 24.8 Å². The summed E-state index contributed by atoms with van der Waals surface area (Å²) >= 11 is -2.86. The van der Waals surface area contributed by atoms with Crippen molar-refractivity contribution in [3.05, 3.63) is 12.3 Å². The predicted octanol–water partition coefficient (Wildman–Crippen LogP) is -0.218. The molecule has 0 saturated carbocycles. The molecule has 1 unspecified atom stereocenters. The maximum Gasteiger partial charge on any atom is 0.0814 e. The molecule has 0 aliphatic rings. The van der Waals surface area contributed by atoms with Crippen molar-refractivity contribution in [1.29, 1.82) is 0 Å². The second-order valence-electron chi connectivity index (χ2n) is 0.881. The minimum Gasteiger partial charge on any atom is -0.750 e. The Morgan fingerprint density at radius 2 is 1.91 bits per heavy atom. The number of nitrogens with two attached hydrogens (primary N) is 2. The molecule has 11 heavy (non-hydrogen) atoms.